The van der Waals surface area contributed by atoms with Gasteiger partial charge in [0.2, 0.25) is 15.9 Å². The summed E-state index contributed by atoms with van der Waals surface area (Å²) in [5.41, 5.74) is 0. The molecule has 1 aliphatic heterocycles. The molecule has 0 radical (unpaired) electrons. The van der Waals surface area contributed by atoms with E-state index >= 15 is 0 Å². The Hall–Kier alpha value is -1.31. The van der Waals surface area contributed by atoms with Crippen molar-refractivity contribution in [2.24, 2.45) is 5.92 Å². The second-order valence-corrected chi connectivity index (χ2v) is 8.71. The van der Waals surface area contributed by atoms with Crippen LogP contribution in [0.5, 0.6) is 5.75 Å². The van der Waals surface area contributed by atoms with Crippen LogP contribution < -0.4 is 10.1 Å². The van der Waals surface area contributed by atoms with E-state index in [1.165, 1.54) is 10.4 Å². The third-order valence-electron chi connectivity index (χ3n) is 4.41. The molecule has 1 aromatic rings. The molecule has 1 amide bonds. The van der Waals surface area contributed by atoms with Crippen LogP contribution in [0.3, 0.4) is 0 Å². The molecule has 1 saturated heterocycles. The summed E-state index contributed by atoms with van der Waals surface area (Å²) in [6.07, 6.45) is 3.26. The number of carbonyl (C=O) groups is 1. The van der Waals surface area contributed by atoms with Crippen LogP contribution in [0, 0.1) is 5.92 Å². The topological polar surface area (TPSA) is 75.7 Å². The average molecular weight is 403 g/mol. The number of benzene rings is 1. The van der Waals surface area contributed by atoms with E-state index in [-0.39, 0.29) is 29.0 Å². The second kappa shape index (κ2) is 9.58. The maximum Gasteiger partial charge on any atom is 0.246 e. The summed E-state index contributed by atoms with van der Waals surface area (Å²) in [7, 11) is -3.79. The molecule has 1 N–H and O–H groups in total. The summed E-state index contributed by atoms with van der Waals surface area (Å²) < 4.78 is 33.1. The van der Waals surface area contributed by atoms with Crippen molar-refractivity contribution in [3.8, 4) is 5.75 Å². The summed E-state index contributed by atoms with van der Waals surface area (Å²) in [6, 6.07) is 4.58. The van der Waals surface area contributed by atoms with Gasteiger partial charge in [-0.1, -0.05) is 24.9 Å². The first-order valence-corrected chi connectivity index (χ1v) is 10.9. The van der Waals surface area contributed by atoms with Crippen LogP contribution in [-0.4, -0.2) is 44.9 Å². The van der Waals surface area contributed by atoms with Gasteiger partial charge in [-0.25, -0.2) is 8.42 Å². The molecule has 1 fully saturated rings. The number of piperidine rings is 1. The molecular weight excluding hydrogens is 376 g/mol. The average Bonchev–Trinajstić information content (AvgIpc) is 2.63. The molecule has 1 aromatic carbocycles. The number of nitrogens with one attached hydrogen (secondary N) is 1. The van der Waals surface area contributed by atoms with Gasteiger partial charge < -0.3 is 10.1 Å². The van der Waals surface area contributed by atoms with Crippen LogP contribution >= 0.6 is 11.6 Å². The number of halogens is 1. The zero-order valence-corrected chi connectivity index (χ0v) is 16.9. The lowest BCUT2D eigenvalue weighted by molar-refractivity contribution is -0.126. The van der Waals surface area contributed by atoms with Crippen molar-refractivity contribution in [3.05, 3.63) is 23.2 Å². The maximum atomic E-state index is 13.1. The van der Waals surface area contributed by atoms with Crippen molar-refractivity contribution in [1.82, 2.24) is 9.62 Å². The van der Waals surface area contributed by atoms with E-state index in [0.29, 0.717) is 37.6 Å². The molecule has 0 spiro atoms. The summed E-state index contributed by atoms with van der Waals surface area (Å²) in [6.45, 7) is 5.40. The van der Waals surface area contributed by atoms with Gasteiger partial charge in [0.25, 0.3) is 0 Å². The van der Waals surface area contributed by atoms with E-state index in [2.05, 4.69) is 12.2 Å². The number of unbranched alkanes of at least 4 members (excludes halogenated alkanes) is 1. The maximum absolute atomic E-state index is 13.1. The Labute approximate surface area is 160 Å². The molecule has 146 valence electrons. The van der Waals surface area contributed by atoms with Gasteiger partial charge >= 0.3 is 0 Å². The van der Waals surface area contributed by atoms with Crippen LogP contribution in [0.1, 0.15) is 39.5 Å². The first kappa shape index (κ1) is 21.0. The van der Waals surface area contributed by atoms with Crippen molar-refractivity contribution >= 4 is 27.5 Å². The van der Waals surface area contributed by atoms with E-state index in [4.69, 9.17) is 16.3 Å². The van der Waals surface area contributed by atoms with Gasteiger partial charge in [0.05, 0.1) is 12.5 Å². The zero-order chi connectivity index (χ0) is 19.2. The van der Waals surface area contributed by atoms with Gasteiger partial charge in [-0.3, -0.25) is 4.79 Å². The largest absolute Gasteiger partial charge is 0.492 e. The molecule has 0 aromatic heterocycles. The first-order valence-electron chi connectivity index (χ1n) is 9.10. The summed E-state index contributed by atoms with van der Waals surface area (Å²) in [5, 5.41) is 3.23. The van der Waals surface area contributed by atoms with E-state index in [0.717, 1.165) is 12.8 Å². The van der Waals surface area contributed by atoms with E-state index < -0.39 is 10.0 Å². The molecule has 0 unspecified atom stereocenters. The van der Waals surface area contributed by atoms with Gasteiger partial charge in [-0.05, 0) is 44.4 Å². The minimum atomic E-state index is -3.79. The molecule has 0 saturated carbocycles. The number of sulfonamides is 1. The SMILES string of the molecule is CCCCNC(=O)[C@H]1CCCN(S(=O)(=O)c2cc(Cl)ccc2OCC)C1. The molecule has 26 heavy (non-hydrogen) atoms. The molecule has 0 bridgehead atoms. The molecule has 1 atom stereocenters. The molecule has 1 aliphatic rings. The highest BCUT2D eigenvalue weighted by molar-refractivity contribution is 7.89. The van der Waals surface area contributed by atoms with Crippen LogP contribution in [0.2, 0.25) is 5.02 Å². The smallest absolute Gasteiger partial charge is 0.246 e. The van der Waals surface area contributed by atoms with Gasteiger partial charge in [0.15, 0.2) is 0 Å². The van der Waals surface area contributed by atoms with Gasteiger partial charge in [0, 0.05) is 24.7 Å². The fourth-order valence-corrected chi connectivity index (χ4v) is 4.92. The fourth-order valence-electron chi connectivity index (χ4n) is 3.00. The van der Waals surface area contributed by atoms with Crippen LogP contribution in [0.15, 0.2) is 23.1 Å². The Morgan fingerprint density at radius 3 is 2.85 bits per heavy atom. The molecule has 8 heteroatoms. The summed E-state index contributed by atoms with van der Waals surface area (Å²) >= 11 is 6.01. The van der Waals surface area contributed by atoms with E-state index in [9.17, 15) is 13.2 Å². The number of nitrogens with zero attached hydrogens (tertiary/aromatic N) is 1. The van der Waals surface area contributed by atoms with Gasteiger partial charge in [0.1, 0.15) is 10.6 Å². The molecule has 1 heterocycles. The quantitative estimate of drug-likeness (QED) is 0.678. The molecule has 2 rings (SSSR count). The lowest BCUT2D eigenvalue weighted by Gasteiger charge is -2.31. The van der Waals surface area contributed by atoms with Crippen molar-refractivity contribution in [2.75, 3.05) is 26.2 Å². The third kappa shape index (κ3) is 5.11. The highest BCUT2D eigenvalue weighted by Crippen LogP contribution is 2.32. The van der Waals surface area contributed by atoms with Crippen molar-refractivity contribution in [1.29, 1.82) is 0 Å². The minimum absolute atomic E-state index is 0.0545. The van der Waals surface area contributed by atoms with Gasteiger partial charge in [-0.2, -0.15) is 4.31 Å². The van der Waals surface area contributed by atoms with E-state index in [1.807, 2.05) is 0 Å². The Morgan fingerprint density at radius 2 is 2.15 bits per heavy atom. The summed E-state index contributed by atoms with van der Waals surface area (Å²) in [4.78, 5) is 12.4. The number of ether oxygens (including phenoxy) is 1. The number of hydrogen-bond donors (Lipinski definition) is 1. The number of hydrogen-bond acceptors (Lipinski definition) is 4. The Kier molecular flexibility index (Phi) is 7.73. The normalized spacial score (nSPS) is 18.5. The molecule has 6 nitrogen and oxygen atoms in total. The van der Waals surface area contributed by atoms with Gasteiger partial charge in [-0.15, -0.1) is 0 Å². The molecular formula is C18H27ClN2O4S. The summed E-state index contributed by atoms with van der Waals surface area (Å²) in [5.74, 6) is -0.119. The Morgan fingerprint density at radius 1 is 1.38 bits per heavy atom. The van der Waals surface area contributed by atoms with E-state index in [1.54, 1.807) is 19.1 Å². The second-order valence-electron chi connectivity index (χ2n) is 6.37. The minimum Gasteiger partial charge on any atom is -0.492 e. The first-order chi connectivity index (χ1) is 12.4. The standard InChI is InChI=1S/C18H27ClN2O4S/c1-3-5-10-20-18(22)14-7-6-11-21(13-14)26(23,24)17-12-15(19)8-9-16(17)25-4-2/h8-9,12,14H,3-7,10-11,13H2,1-2H3,(H,20,22)/t14-/m0/s1. The predicted molar refractivity (Wildman–Crippen MR) is 102 cm³/mol. The number of carbonyl (C=O) groups excluding carboxylic acids is 1. The van der Waals surface area contributed by atoms with Crippen LogP contribution in [-0.2, 0) is 14.8 Å². The Balaban J connectivity index is 2.18. The zero-order valence-electron chi connectivity index (χ0n) is 15.3. The van der Waals surface area contributed by atoms with Crippen molar-refractivity contribution in [3.63, 3.8) is 0 Å². The lowest BCUT2D eigenvalue weighted by atomic mass is 9.99. The number of amides is 1. The monoisotopic (exact) mass is 402 g/mol. The highest BCUT2D eigenvalue weighted by Gasteiger charge is 2.34. The molecule has 0 aliphatic carbocycles. The highest BCUT2D eigenvalue weighted by atomic mass is 35.5. The predicted octanol–water partition coefficient (Wildman–Crippen LogP) is 3.06. The number of rotatable bonds is 8. The van der Waals surface area contributed by atoms with Crippen LogP contribution in [0.25, 0.3) is 0 Å². The van der Waals surface area contributed by atoms with Crippen LogP contribution in [0.4, 0.5) is 0 Å². The lowest BCUT2D eigenvalue weighted by Crippen LogP contribution is -2.45. The third-order valence-corrected chi connectivity index (χ3v) is 6.53. The van der Waals surface area contributed by atoms with Crippen molar-refractivity contribution in [2.45, 2.75) is 44.4 Å². The van der Waals surface area contributed by atoms with Crippen molar-refractivity contribution < 1.29 is 17.9 Å². The fraction of sp³-hybridized carbons (Fsp3) is 0.611. The Bertz CT molecular complexity index is 724.